The van der Waals surface area contributed by atoms with E-state index in [1.54, 1.807) is 38.5 Å². The number of methoxy groups -OCH3 is 3. The highest BCUT2D eigenvalue weighted by Gasteiger charge is 2.03. The fourth-order valence-corrected chi connectivity index (χ4v) is 1.32. The van der Waals surface area contributed by atoms with Gasteiger partial charge in [0.15, 0.2) is 18.3 Å². The van der Waals surface area contributed by atoms with Gasteiger partial charge >= 0.3 is 0 Å². The van der Waals surface area contributed by atoms with E-state index in [4.69, 9.17) is 14.3 Å². The minimum atomic E-state index is -0.383. The summed E-state index contributed by atoms with van der Waals surface area (Å²) >= 11 is 0. The molecule has 0 aliphatic heterocycles. The van der Waals surface area contributed by atoms with Crippen LogP contribution in [0.4, 0.5) is 0 Å². The standard InChI is InChI=1S/C13H17NO5/c1-16-9-19-14-13(15)7-5-10-4-6-11(17-2)12(8-10)18-3/h4-8H,9H2,1-3H3,(H,14,15)/b7-5+. The van der Waals surface area contributed by atoms with Gasteiger partial charge in [0.05, 0.1) is 14.2 Å². The van der Waals surface area contributed by atoms with Crippen LogP contribution in [0.3, 0.4) is 0 Å². The van der Waals surface area contributed by atoms with Crippen LogP contribution in [0.15, 0.2) is 24.3 Å². The third-order valence-electron chi connectivity index (χ3n) is 2.18. The Labute approximate surface area is 111 Å². The van der Waals surface area contributed by atoms with Crippen molar-refractivity contribution in [1.29, 1.82) is 0 Å². The molecular formula is C13H17NO5. The number of carbonyl (C=O) groups excluding carboxylic acids is 1. The summed E-state index contributed by atoms with van der Waals surface area (Å²) in [6, 6.07) is 5.33. The summed E-state index contributed by atoms with van der Waals surface area (Å²) in [4.78, 5) is 16.0. The monoisotopic (exact) mass is 267 g/mol. The van der Waals surface area contributed by atoms with Gasteiger partial charge in [-0.05, 0) is 23.8 Å². The molecule has 0 atom stereocenters. The quantitative estimate of drug-likeness (QED) is 0.350. The summed E-state index contributed by atoms with van der Waals surface area (Å²) in [5.41, 5.74) is 3.00. The number of hydrogen-bond donors (Lipinski definition) is 1. The minimum absolute atomic E-state index is 0.00403. The third-order valence-corrected chi connectivity index (χ3v) is 2.18. The molecule has 19 heavy (non-hydrogen) atoms. The fourth-order valence-electron chi connectivity index (χ4n) is 1.32. The van der Waals surface area contributed by atoms with Crippen molar-refractivity contribution in [3.63, 3.8) is 0 Å². The topological polar surface area (TPSA) is 66.0 Å². The van der Waals surface area contributed by atoms with Crippen LogP contribution in [0, 0.1) is 0 Å². The van der Waals surface area contributed by atoms with E-state index in [0.29, 0.717) is 11.5 Å². The van der Waals surface area contributed by atoms with E-state index >= 15 is 0 Å². The van der Waals surface area contributed by atoms with E-state index in [-0.39, 0.29) is 12.7 Å². The Morgan fingerprint density at radius 1 is 1.21 bits per heavy atom. The molecule has 6 nitrogen and oxygen atoms in total. The maximum atomic E-state index is 11.3. The van der Waals surface area contributed by atoms with Crippen molar-refractivity contribution in [2.45, 2.75) is 0 Å². The second-order valence-corrected chi connectivity index (χ2v) is 3.46. The molecule has 1 amide bonds. The number of nitrogens with one attached hydrogen (secondary N) is 1. The number of rotatable bonds is 7. The molecular weight excluding hydrogens is 250 g/mol. The average molecular weight is 267 g/mol. The van der Waals surface area contributed by atoms with Crippen LogP contribution in [-0.4, -0.2) is 34.0 Å². The molecule has 0 heterocycles. The molecule has 0 aliphatic carbocycles. The molecule has 0 spiro atoms. The Balaban J connectivity index is 2.63. The van der Waals surface area contributed by atoms with Gasteiger partial charge in [-0.2, -0.15) is 0 Å². The molecule has 0 bridgehead atoms. The first kappa shape index (κ1) is 15.0. The SMILES string of the molecule is COCONC(=O)/C=C/c1ccc(OC)c(OC)c1. The number of carbonyl (C=O) groups is 1. The Hall–Kier alpha value is -2.05. The van der Waals surface area contributed by atoms with E-state index in [1.165, 1.54) is 13.2 Å². The molecule has 1 N–H and O–H groups in total. The van der Waals surface area contributed by atoms with Crippen LogP contribution in [0.5, 0.6) is 11.5 Å². The van der Waals surface area contributed by atoms with Gasteiger partial charge in [-0.25, -0.2) is 10.3 Å². The maximum absolute atomic E-state index is 11.3. The predicted octanol–water partition coefficient (Wildman–Crippen LogP) is 1.37. The van der Waals surface area contributed by atoms with Crippen LogP contribution >= 0.6 is 0 Å². The summed E-state index contributed by atoms with van der Waals surface area (Å²) < 4.78 is 14.9. The van der Waals surface area contributed by atoms with Gasteiger partial charge in [0.1, 0.15) is 0 Å². The van der Waals surface area contributed by atoms with Crippen molar-refractivity contribution in [2.75, 3.05) is 28.1 Å². The van der Waals surface area contributed by atoms with Crippen LogP contribution in [0.25, 0.3) is 6.08 Å². The fraction of sp³-hybridized carbons (Fsp3) is 0.308. The predicted molar refractivity (Wildman–Crippen MR) is 69.7 cm³/mol. The van der Waals surface area contributed by atoms with Crippen molar-refractivity contribution >= 4 is 12.0 Å². The number of hydrogen-bond acceptors (Lipinski definition) is 5. The summed E-state index contributed by atoms with van der Waals surface area (Å²) in [6.07, 6.45) is 2.98. The van der Waals surface area contributed by atoms with Crippen LogP contribution in [0.1, 0.15) is 5.56 Å². The van der Waals surface area contributed by atoms with Crippen LogP contribution in [0.2, 0.25) is 0 Å². The number of benzene rings is 1. The average Bonchev–Trinajstić information content (AvgIpc) is 2.45. The van der Waals surface area contributed by atoms with E-state index in [2.05, 4.69) is 10.2 Å². The van der Waals surface area contributed by atoms with E-state index in [9.17, 15) is 4.79 Å². The highest BCUT2D eigenvalue weighted by atomic mass is 16.8. The molecule has 0 saturated carbocycles. The zero-order chi connectivity index (χ0) is 14.1. The third kappa shape index (κ3) is 4.99. The zero-order valence-electron chi connectivity index (χ0n) is 11.1. The molecule has 0 radical (unpaired) electrons. The highest BCUT2D eigenvalue weighted by Crippen LogP contribution is 2.27. The first-order valence-corrected chi connectivity index (χ1v) is 5.52. The molecule has 1 aromatic carbocycles. The lowest BCUT2D eigenvalue weighted by molar-refractivity contribution is -0.139. The smallest absolute Gasteiger partial charge is 0.267 e. The van der Waals surface area contributed by atoms with E-state index in [1.807, 2.05) is 0 Å². The highest BCUT2D eigenvalue weighted by molar-refractivity contribution is 5.91. The van der Waals surface area contributed by atoms with Gasteiger partial charge in [0.2, 0.25) is 0 Å². The van der Waals surface area contributed by atoms with Gasteiger partial charge in [-0.1, -0.05) is 6.07 Å². The molecule has 0 aromatic heterocycles. The van der Waals surface area contributed by atoms with Gasteiger partial charge < -0.3 is 14.2 Å². The lowest BCUT2D eigenvalue weighted by atomic mass is 10.2. The number of hydroxylamine groups is 1. The lowest BCUT2D eigenvalue weighted by Gasteiger charge is -2.07. The first-order valence-electron chi connectivity index (χ1n) is 5.52. The summed E-state index contributed by atoms with van der Waals surface area (Å²) in [6.45, 7) is -0.00403. The van der Waals surface area contributed by atoms with Gasteiger partial charge in [-0.15, -0.1) is 0 Å². The van der Waals surface area contributed by atoms with Crippen molar-refractivity contribution in [3.05, 3.63) is 29.8 Å². The molecule has 104 valence electrons. The Morgan fingerprint density at radius 2 is 1.95 bits per heavy atom. The molecule has 6 heteroatoms. The largest absolute Gasteiger partial charge is 0.493 e. The van der Waals surface area contributed by atoms with Crippen LogP contribution < -0.4 is 15.0 Å². The second-order valence-electron chi connectivity index (χ2n) is 3.46. The maximum Gasteiger partial charge on any atom is 0.267 e. The summed E-state index contributed by atoms with van der Waals surface area (Å²) in [7, 11) is 4.58. The molecule has 0 fully saturated rings. The normalized spacial score (nSPS) is 10.5. The lowest BCUT2D eigenvalue weighted by Crippen LogP contribution is -2.22. The number of amides is 1. The van der Waals surface area contributed by atoms with E-state index in [0.717, 1.165) is 5.56 Å². The minimum Gasteiger partial charge on any atom is -0.493 e. The van der Waals surface area contributed by atoms with Gasteiger partial charge in [0, 0.05) is 13.2 Å². The Bertz CT molecular complexity index is 445. The zero-order valence-corrected chi connectivity index (χ0v) is 11.1. The molecule has 1 aromatic rings. The summed E-state index contributed by atoms with van der Waals surface area (Å²) in [5.74, 6) is 0.847. The van der Waals surface area contributed by atoms with Crippen LogP contribution in [-0.2, 0) is 14.4 Å². The Kier molecular flexibility index (Phi) is 6.42. The molecule has 0 saturated heterocycles. The van der Waals surface area contributed by atoms with Crippen molar-refractivity contribution < 1.29 is 23.8 Å². The van der Waals surface area contributed by atoms with Crippen molar-refractivity contribution in [3.8, 4) is 11.5 Å². The molecule has 1 rings (SSSR count). The molecule has 0 unspecified atom stereocenters. The molecule has 0 aliphatic rings. The van der Waals surface area contributed by atoms with Gasteiger partial charge in [-0.3, -0.25) is 4.79 Å². The second kappa shape index (κ2) is 8.12. The van der Waals surface area contributed by atoms with Gasteiger partial charge in [0.25, 0.3) is 5.91 Å². The number of ether oxygens (including phenoxy) is 3. The first-order chi connectivity index (χ1) is 9.21. The van der Waals surface area contributed by atoms with Crippen molar-refractivity contribution in [1.82, 2.24) is 5.48 Å². The summed E-state index contributed by atoms with van der Waals surface area (Å²) in [5, 5.41) is 0. The Morgan fingerprint density at radius 3 is 2.58 bits per heavy atom. The van der Waals surface area contributed by atoms with Crippen molar-refractivity contribution in [2.24, 2.45) is 0 Å². The van der Waals surface area contributed by atoms with E-state index < -0.39 is 0 Å².